The number of rotatable bonds is 6. The van der Waals surface area contributed by atoms with E-state index in [9.17, 15) is 9.59 Å². The van der Waals surface area contributed by atoms with E-state index in [1.807, 2.05) is 72.5 Å². The SMILES string of the molecule is CC1OC2(CCN(CCC(=O)Cc3ccccc3)CC2)CN(c2ccccc2)C1=O. The van der Waals surface area contributed by atoms with Crippen LogP contribution in [0, 0.1) is 0 Å². The predicted molar refractivity (Wildman–Crippen MR) is 118 cm³/mol. The van der Waals surface area contributed by atoms with E-state index in [1.54, 1.807) is 0 Å². The fourth-order valence-electron chi connectivity index (χ4n) is 4.53. The number of Topliss-reactive ketones (excluding diaryl/α,β-unsaturated/α-hetero) is 1. The van der Waals surface area contributed by atoms with Gasteiger partial charge in [-0.15, -0.1) is 0 Å². The van der Waals surface area contributed by atoms with Crippen LogP contribution in [-0.2, 0) is 20.7 Å². The Hall–Kier alpha value is -2.50. The highest BCUT2D eigenvalue weighted by atomic mass is 16.5. The molecule has 0 aliphatic carbocycles. The number of likely N-dealkylation sites (tertiary alicyclic amines) is 1. The summed E-state index contributed by atoms with van der Waals surface area (Å²) < 4.78 is 6.25. The van der Waals surface area contributed by atoms with Gasteiger partial charge in [0.25, 0.3) is 5.91 Å². The zero-order chi connectivity index (χ0) is 21.0. The third-order valence-electron chi connectivity index (χ3n) is 6.27. The van der Waals surface area contributed by atoms with Crippen molar-refractivity contribution in [2.75, 3.05) is 31.1 Å². The molecule has 0 bridgehead atoms. The number of carbonyl (C=O) groups is 2. The molecule has 2 saturated heterocycles. The van der Waals surface area contributed by atoms with Crippen LogP contribution in [0.4, 0.5) is 5.69 Å². The zero-order valence-corrected chi connectivity index (χ0v) is 17.6. The van der Waals surface area contributed by atoms with Gasteiger partial charge < -0.3 is 14.5 Å². The molecule has 158 valence electrons. The molecule has 1 unspecified atom stereocenters. The fourth-order valence-corrected chi connectivity index (χ4v) is 4.53. The van der Waals surface area contributed by atoms with E-state index in [4.69, 9.17) is 4.74 Å². The third kappa shape index (κ3) is 4.79. The van der Waals surface area contributed by atoms with Crippen molar-refractivity contribution >= 4 is 17.4 Å². The summed E-state index contributed by atoms with van der Waals surface area (Å²) in [5.41, 5.74) is 1.72. The highest BCUT2D eigenvalue weighted by Gasteiger charge is 2.45. The average Bonchev–Trinajstić information content (AvgIpc) is 2.77. The number of benzene rings is 2. The minimum absolute atomic E-state index is 0.0285. The molecular weight excluding hydrogens is 376 g/mol. The Labute approximate surface area is 178 Å². The number of amides is 1. The lowest BCUT2D eigenvalue weighted by molar-refractivity contribution is -0.161. The van der Waals surface area contributed by atoms with E-state index < -0.39 is 6.10 Å². The minimum Gasteiger partial charge on any atom is -0.360 e. The van der Waals surface area contributed by atoms with E-state index in [0.29, 0.717) is 19.4 Å². The summed E-state index contributed by atoms with van der Waals surface area (Å²) in [4.78, 5) is 29.3. The van der Waals surface area contributed by atoms with Gasteiger partial charge in [0.15, 0.2) is 0 Å². The number of hydrogen-bond acceptors (Lipinski definition) is 4. The highest BCUT2D eigenvalue weighted by Crippen LogP contribution is 2.35. The monoisotopic (exact) mass is 406 g/mol. The molecule has 0 aromatic heterocycles. The van der Waals surface area contributed by atoms with Gasteiger partial charge in [-0.05, 0) is 37.5 Å². The van der Waals surface area contributed by atoms with Crippen LogP contribution in [0.3, 0.4) is 0 Å². The number of ether oxygens (including phenoxy) is 1. The second-order valence-electron chi connectivity index (χ2n) is 8.50. The van der Waals surface area contributed by atoms with Gasteiger partial charge in [-0.25, -0.2) is 0 Å². The van der Waals surface area contributed by atoms with Crippen molar-refractivity contribution in [3.63, 3.8) is 0 Å². The van der Waals surface area contributed by atoms with Crippen molar-refractivity contribution in [3.05, 3.63) is 66.2 Å². The van der Waals surface area contributed by atoms with Gasteiger partial charge in [-0.2, -0.15) is 0 Å². The molecule has 0 N–H and O–H groups in total. The minimum atomic E-state index is -0.432. The number of hydrogen-bond donors (Lipinski definition) is 0. The summed E-state index contributed by atoms with van der Waals surface area (Å²) in [6, 6.07) is 19.8. The smallest absolute Gasteiger partial charge is 0.255 e. The molecule has 2 aliphatic heterocycles. The van der Waals surface area contributed by atoms with Crippen molar-refractivity contribution in [2.24, 2.45) is 0 Å². The van der Waals surface area contributed by atoms with Crippen molar-refractivity contribution in [1.82, 2.24) is 4.90 Å². The maximum Gasteiger partial charge on any atom is 0.255 e. The molecule has 2 aliphatic rings. The number of piperidine rings is 1. The van der Waals surface area contributed by atoms with Crippen molar-refractivity contribution in [2.45, 2.75) is 44.3 Å². The van der Waals surface area contributed by atoms with Crippen LogP contribution < -0.4 is 4.90 Å². The Bertz CT molecular complexity index is 860. The van der Waals surface area contributed by atoms with Crippen LogP contribution in [0.15, 0.2) is 60.7 Å². The first-order valence-corrected chi connectivity index (χ1v) is 10.9. The van der Waals surface area contributed by atoms with Gasteiger partial charge in [-0.1, -0.05) is 48.5 Å². The standard InChI is InChI=1S/C25H30N2O3/c1-20-24(29)27(22-10-6-3-7-11-22)19-25(30-20)13-16-26(17-14-25)15-12-23(28)18-21-8-4-2-5-9-21/h2-11,20H,12-19H2,1H3. The van der Waals surface area contributed by atoms with E-state index in [1.165, 1.54) is 0 Å². The Kier molecular flexibility index (Phi) is 6.30. The number of nitrogens with zero attached hydrogens (tertiary/aromatic N) is 2. The first-order chi connectivity index (χ1) is 14.5. The van der Waals surface area contributed by atoms with Crippen LogP contribution in [0.2, 0.25) is 0 Å². The van der Waals surface area contributed by atoms with E-state index in [2.05, 4.69) is 4.90 Å². The molecular formula is C25H30N2O3. The number of morpholine rings is 1. The molecule has 4 rings (SSSR count). The maximum atomic E-state index is 12.7. The molecule has 2 fully saturated rings. The first kappa shape index (κ1) is 20.8. The van der Waals surface area contributed by atoms with Crippen LogP contribution >= 0.6 is 0 Å². The lowest BCUT2D eigenvalue weighted by Gasteiger charge is -2.49. The molecule has 2 aromatic carbocycles. The normalized spacial score (nSPS) is 21.7. The summed E-state index contributed by atoms with van der Waals surface area (Å²) in [5.74, 6) is 0.311. The van der Waals surface area contributed by atoms with Crippen molar-refractivity contribution in [1.29, 1.82) is 0 Å². The number of anilines is 1. The summed E-state index contributed by atoms with van der Waals surface area (Å²) >= 11 is 0. The maximum absolute atomic E-state index is 12.7. The zero-order valence-electron chi connectivity index (χ0n) is 17.6. The fraction of sp³-hybridized carbons (Fsp3) is 0.440. The number of para-hydroxylation sites is 1. The average molecular weight is 407 g/mol. The van der Waals surface area contributed by atoms with Gasteiger partial charge in [0.2, 0.25) is 0 Å². The number of carbonyl (C=O) groups excluding carboxylic acids is 2. The van der Waals surface area contributed by atoms with Crippen LogP contribution in [0.1, 0.15) is 31.7 Å². The van der Waals surface area contributed by atoms with Gasteiger partial charge in [0.1, 0.15) is 11.9 Å². The lowest BCUT2D eigenvalue weighted by Crippen LogP contribution is -2.61. The van der Waals surface area contributed by atoms with Crippen molar-refractivity contribution < 1.29 is 14.3 Å². The molecule has 5 heteroatoms. The molecule has 0 saturated carbocycles. The molecule has 1 atom stereocenters. The summed E-state index contributed by atoms with van der Waals surface area (Å²) in [5, 5.41) is 0. The highest BCUT2D eigenvalue weighted by molar-refractivity contribution is 5.97. The molecule has 0 radical (unpaired) electrons. The molecule has 5 nitrogen and oxygen atoms in total. The second kappa shape index (κ2) is 9.11. The molecule has 1 spiro atoms. The van der Waals surface area contributed by atoms with Gasteiger partial charge >= 0.3 is 0 Å². The predicted octanol–water partition coefficient (Wildman–Crippen LogP) is 3.47. The summed E-state index contributed by atoms with van der Waals surface area (Å²) in [6.07, 6.45) is 2.40. The third-order valence-corrected chi connectivity index (χ3v) is 6.27. The first-order valence-electron chi connectivity index (χ1n) is 10.9. The lowest BCUT2D eigenvalue weighted by atomic mass is 9.88. The Balaban J connectivity index is 1.31. The topological polar surface area (TPSA) is 49.9 Å². The van der Waals surface area contributed by atoms with Gasteiger partial charge in [0.05, 0.1) is 12.1 Å². The Morgan fingerprint density at radius 2 is 1.67 bits per heavy atom. The van der Waals surface area contributed by atoms with Crippen LogP contribution in [0.25, 0.3) is 0 Å². The molecule has 2 aromatic rings. The largest absolute Gasteiger partial charge is 0.360 e. The quantitative estimate of drug-likeness (QED) is 0.737. The van der Waals surface area contributed by atoms with Crippen LogP contribution in [-0.4, -0.2) is 54.5 Å². The number of ketones is 1. The van der Waals surface area contributed by atoms with Gasteiger partial charge in [-0.3, -0.25) is 9.59 Å². The van der Waals surface area contributed by atoms with E-state index in [-0.39, 0.29) is 17.3 Å². The molecule has 30 heavy (non-hydrogen) atoms. The van der Waals surface area contributed by atoms with E-state index in [0.717, 1.165) is 43.7 Å². The summed E-state index contributed by atoms with van der Waals surface area (Å²) in [6.45, 7) is 5.03. The summed E-state index contributed by atoms with van der Waals surface area (Å²) in [7, 11) is 0. The van der Waals surface area contributed by atoms with Crippen LogP contribution in [0.5, 0.6) is 0 Å². The van der Waals surface area contributed by atoms with E-state index >= 15 is 0 Å². The molecule has 2 heterocycles. The van der Waals surface area contributed by atoms with Crippen molar-refractivity contribution in [3.8, 4) is 0 Å². The molecule has 1 amide bonds. The Morgan fingerprint density at radius 1 is 1.03 bits per heavy atom. The van der Waals surface area contributed by atoms with Gasteiger partial charge in [0, 0.05) is 38.2 Å². The Morgan fingerprint density at radius 3 is 2.33 bits per heavy atom. The second-order valence-corrected chi connectivity index (χ2v) is 8.50.